The number of halogens is 4. The summed E-state index contributed by atoms with van der Waals surface area (Å²) in [4.78, 5) is 12.8. The minimum absolute atomic E-state index is 0.877. The molecule has 0 fully saturated rings. The molecule has 3 nitrogen and oxygen atoms in total. The zero-order valence-corrected chi connectivity index (χ0v) is 7.40. The van der Waals surface area contributed by atoms with Gasteiger partial charge in [0, 0.05) is 0 Å². The van der Waals surface area contributed by atoms with Crippen LogP contribution in [0.25, 0.3) is 0 Å². The number of hydrogen-bond donors (Lipinski definition) is 1. The molecule has 0 amide bonds. The van der Waals surface area contributed by atoms with Crippen LogP contribution in [0.5, 0.6) is 0 Å². The summed E-state index contributed by atoms with van der Waals surface area (Å²) in [6.07, 6.45) is 0. The number of nitrogens with zero attached hydrogens (tertiary/aromatic N) is 1. The predicted octanol–water partition coefficient (Wildman–Crippen LogP) is 1.96. The number of carboxylic acid groups (broad SMARTS) is 1. The van der Waals surface area contributed by atoms with Crippen LogP contribution in [0, 0.1) is 17.6 Å². The van der Waals surface area contributed by atoms with Crippen LogP contribution < -0.4 is 0 Å². The lowest BCUT2D eigenvalue weighted by atomic mass is 10.3. The van der Waals surface area contributed by atoms with E-state index in [1.54, 1.807) is 0 Å². The van der Waals surface area contributed by atoms with E-state index in [9.17, 15) is 18.0 Å². The van der Waals surface area contributed by atoms with Crippen LogP contribution >= 0.6 is 15.9 Å². The van der Waals surface area contributed by atoms with E-state index in [0.29, 0.717) is 0 Å². The van der Waals surface area contributed by atoms with E-state index in [1.165, 1.54) is 0 Å². The van der Waals surface area contributed by atoms with Crippen molar-refractivity contribution in [1.29, 1.82) is 0 Å². The van der Waals surface area contributed by atoms with Gasteiger partial charge >= 0.3 is 5.97 Å². The number of carboxylic acids is 1. The van der Waals surface area contributed by atoms with Crippen molar-refractivity contribution >= 4 is 21.9 Å². The fraction of sp³-hybridized carbons (Fsp3) is 0. The van der Waals surface area contributed by atoms with E-state index in [4.69, 9.17) is 5.11 Å². The molecule has 0 spiro atoms. The van der Waals surface area contributed by atoms with Crippen LogP contribution in [-0.2, 0) is 0 Å². The van der Waals surface area contributed by atoms with Crippen molar-refractivity contribution in [3.05, 3.63) is 27.7 Å². The molecule has 0 aromatic carbocycles. The first kappa shape index (κ1) is 9.97. The Kier molecular flexibility index (Phi) is 2.55. The second-order valence-electron chi connectivity index (χ2n) is 2.00. The number of hydrogen-bond acceptors (Lipinski definition) is 2. The molecule has 70 valence electrons. The summed E-state index contributed by atoms with van der Waals surface area (Å²) in [5, 5.41) is 8.29. The minimum Gasteiger partial charge on any atom is -0.476 e. The molecule has 1 rings (SSSR count). The lowest BCUT2D eigenvalue weighted by molar-refractivity contribution is 0.0682. The summed E-state index contributed by atoms with van der Waals surface area (Å²) in [5.74, 6) is -6.42. The third-order valence-electron chi connectivity index (χ3n) is 1.19. The van der Waals surface area contributed by atoms with Crippen LogP contribution in [0.4, 0.5) is 13.2 Å². The lowest BCUT2D eigenvalue weighted by Crippen LogP contribution is -2.09. The Labute approximate surface area is 78.3 Å². The average molecular weight is 256 g/mol. The van der Waals surface area contributed by atoms with Gasteiger partial charge in [0.25, 0.3) is 5.95 Å². The minimum atomic E-state index is -1.77. The van der Waals surface area contributed by atoms with Gasteiger partial charge in [-0.15, -0.1) is 0 Å². The van der Waals surface area contributed by atoms with Gasteiger partial charge in [0.1, 0.15) is 0 Å². The first-order valence-corrected chi connectivity index (χ1v) is 3.67. The van der Waals surface area contributed by atoms with Crippen molar-refractivity contribution in [2.75, 3.05) is 0 Å². The van der Waals surface area contributed by atoms with Gasteiger partial charge in [-0.1, -0.05) is 0 Å². The van der Waals surface area contributed by atoms with Gasteiger partial charge in [0.2, 0.25) is 0 Å². The Morgan fingerprint density at radius 1 is 1.31 bits per heavy atom. The van der Waals surface area contributed by atoms with Gasteiger partial charge < -0.3 is 5.11 Å². The number of pyridine rings is 1. The normalized spacial score (nSPS) is 10.2. The Bertz CT molecular complexity index is 383. The smallest absolute Gasteiger partial charge is 0.357 e. The molecular weight excluding hydrogens is 255 g/mol. The van der Waals surface area contributed by atoms with Gasteiger partial charge in [-0.25, -0.2) is 18.6 Å². The van der Waals surface area contributed by atoms with E-state index in [1.807, 2.05) is 0 Å². The third kappa shape index (κ3) is 1.64. The van der Waals surface area contributed by atoms with Crippen LogP contribution in [0.3, 0.4) is 0 Å². The van der Waals surface area contributed by atoms with Crippen molar-refractivity contribution in [3.63, 3.8) is 0 Å². The number of rotatable bonds is 1. The highest BCUT2D eigenvalue weighted by molar-refractivity contribution is 9.10. The van der Waals surface area contributed by atoms with Crippen molar-refractivity contribution in [2.24, 2.45) is 0 Å². The fourth-order valence-electron chi connectivity index (χ4n) is 0.629. The van der Waals surface area contributed by atoms with E-state index >= 15 is 0 Å². The highest BCUT2D eigenvalue weighted by Gasteiger charge is 2.22. The summed E-state index contributed by atoms with van der Waals surface area (Å²) in [6, 6.07) is 0. The second-order valence-corrected chi connectivity index (χ2v) is 2.79. The number of aromatic carboxylic acids is 1. The Balaban J connectivity index is 3.50. The van der Waals surface area contributed by atoms with Gasteiger partial charge in [-0.05, 0) is 15.9 Å². The highest BCUT2D eigenvalue weighted by atomic mass is 79.9. The Morgan fingerprint density at radius 3 is 2.31 bits per heavy atom. The fourth-order valence-corrected chi connectivity index (χ4v) is 0.980. The van der Waals surface area contributed by atoms with Gasteiger partial charge in [-0.2, -0.15) is 4.39 Å². The molecule has 0 aliphatic carbocycles. The van der Waals surface area contributed by atoms with Crippen LogP contribution in [-0.4, -0.2) is 16.1 Å². The number of aromatic nitrogens is 1. The molecule has 0 atom stereocenters. The lowest BCUT2D eigenvalue weighted by Gasteiger charge is -2.00. The quantitative estimate of drug-likeness (QED) is 0.781. The molecule has 0 unspecified atom stereocenters. The number of carbonyl (C=O) groups is 1. The second kappa shape index (κ2) is 3.33. The standard InChI is InChI=1S/C6HBrF3NO2/c7-1-2(8)4(6(12)13)11-5(10)3(1)9/h(H,12,13). The third-order valence-corrected chi connectivity index (χ3v) is 1.88. The van der Waals surface area contributed by atoms with E-state index in [-0.39, 0.29) is 0 Å². The first-order chi connectivity index (χ1) is 5.95. The molecule has 0 aliphatic heterocycles. The molecule has 7 heteroatoms. The van der Waals surface area contributed by atoms with E-state index in [0.717, 1.165) is 0 Å². The molecule has 0 saturated heterocycles. The zero-order valence-electron chi connectivity index (χ0n) is 5.81. The van der Waals surface area contributed by atoms with Crippen molar-refractivity contribution in [1.82, 2.24) is 4.98 Å². The maximum atomic E-state index is 12.8. The topological polar surface area (TPSA) is 50.2 Å². The molecule has 1 aromatic rings. The molecule has 0 radical (unpaired) electrons. The summed E-state index contributed by atoms with van der Waals surface area (Å²) in [5.41, 5.74) is -1.16. The van der Waals surface area contributed by atoms with Crippen molar-refractivity contribution in [2.45, 2.75) is 0 Å². The van der Waals surface area contributed by atoms with E-state index in [2.05, 4.69) is 20.9 Å². The molecule has 13 heavy (non-hydrogen) atoms. The van der Waals surface area contributed by atoms with Gasteiger partial charge in [-0.3, -0.25) is 0 Å². The molecule has 0 bridgehead atoms. The SMILES string of the molecule is O=C(O)c1nc(F)c(F)c(Br)c1F. The van der Waals surface area contributed by atoms with E-state index < -0.39 is 33.7 Å². The largest absolute Gasteiger partial charge is 0.476 e. The maximum absolute atomic E-state index is 12.8. The monoisotopic (exact) mass is 255 g/mol. The molecule has 1 aromatic heterocycles. The summed E-state index contributed by atoms with van der Waals surface area (Å²) in [7, 11) is 0. The van der Waals surface area contributed by atoms with Crippen molar-refractivity contribution in [3.8, 4) is 0 Å². The van der Waals surface area contributed by atoms with Gasteiger partial charge in [0.15, 0.2) is 17.3 Å². The van der Waals surface area contributed by atoms with Crippen LogP contribution in [0.2, 0.25) is 0 Å². The molecular formula is C6HBrF3NO2. The van der Waals surface area contributed by atoms with Crippen LogP contribution in [0.1, 0.15) is 10.5 Å². The van der Waals surface area contributed by atoms with Crippen molar-refractivity contribution < 1.29 is 23.1 Å². The molecule has 0 saturated carbocycles. The molecule has 0 aliphatic rings. The summed E-state index contributed by atoms with van der Waals surface area (Å²) < 4.78 is 36.9. The predicted molar refractivity (Wildman–Crippen MR) is 38.8 cm³/mol. The molecule has 1 N–H and O–H groups in total. The Morgan fingerprint density at radius 2 is 1.85 bits per heavy atom. The first-order valence-electron chi connectivity index (χ1n) is 2.88. The van der Waals surface area contributed by atoms with Crippen LogP contribution in [0.15, 0.2) is 4.47 Å². The molecule has 1 heterocycles. The highest BCUT2D eigenvalue weighted by Crippen LogP contribution is 2.22. The average Bonchev–Trinajstić information content (AvgIpc) is 2.07. The maximum Gasteiger partial charge on any atom is 0.357 e. The summed E-state index contributed by atoms with van der Waals surface area (Å²) in [6.45, 7) is 0. The van der Waals surface area contributed by atoms with Gasteiger partial charge in [0.05, 0.1) is 4.47 Å². The zero-order chi connectivity index (χ0) is 10.2. The summed E-state index contributed by atoms with van der Waals surface area (Å²) >= 11 is 2.36. The Hall–Kier alpha value is -1.11.